The second-order valence-corrected chi connectivity index (χ2v) is 4.86. The number of aryl methyl sites for hydroxylation is 1. The lowest BCUT2D eigenvalue weighted by Gasteiger charge is -2.11. The molecule has 0 saturated carbocycles. The third-order valence-corrected chi connectivity index (χ3v) is 2.83. The lowest BCUT2D eigenvalue weighted by atomic mass is 10.1. The zero-order valence-electron chi connectivity index (χ0n) is 12.1. The summed E-state index contributed by atoms with van der Waals surface area (Å²) in [5, 5.41) is 11.0. The van der Waals surface area contributed by atoms with Crippen molar-refractivity contribution in [3.63, 3.8) is 0 Å². The minimum atomic E-state index is -0.424. The molecule has 0 unspecified atom stereocenters. The molecule has 0 aliphatic carbocycles. The number of nitrogens with zero attached hydrogens (tertiary/aromatic N) is 2. The van der Waals surface area contributed by atoms with Gasteiger partial charge in [0.25, 0.3) is 0 Å². The Kier molecular flexibility index (Phi) is 6.07. The van der Waals surface area contributed by atoms with Crippen LogP contribution in [0, 0.1) is 10.1 Å². The first kappa shape index (κ1) is 17.4. The van der Waals surface area contributed by atoms with Gasteiger partial charge in [0.1, 0.15) is 7.05 Å². The molecule has 0 N–H and O–H groups in total. The number of rotatable bonds is 4. The molecule has 0 radical (unpaired) electrons. The van der Waals surface area contributed by atoms with E-state index in [0.29, 0.717) is 5.75 Å². The summed E-state index contributed by atoms with van der Waals surface area (Å²) >= 11 is 0. The summed E-state index contributed by atoms with van der Waals surface area (Å²) in [6.07, 6.45) is 3.75. The third-order valence-electron chi connectivity index (χ3n) is 2.83. The fraction of sp³-hybridized carbons (Fsp3) is 0.267. The Labute approximate surface area is 140 Å². The molecule has 1 aromatic heterocycles. The van der Waals surface area contributed by atoms with Crippen molar-refractivity contribution in [2.24, 2.45) is 7.05 Å². The number of aromatic nitrogens is 1. The number of benzene rings is 1. The first-order valence-corrected chi connectivity index (χ1v) is 6.38. The maximum Gasteiger partial charge on any atom is 0.310 e. The van der Waals surface area contributed by atoms with Crippen molar-refractivity contribution in [2.75, 3.05) is 0 Å². The second kappa shape index (κ2) is 7.35. The zero-order chi connectivity index (χ0) is 14.7. The van der Waals surface area contributed by atoms with Crippen LogP contribution >= 0.6 is 0 Å². The smallest absolute Gasteiger partial charge is 0.310 e. The predicted octanol–water partition coefficient (Wildman–Crippen LogP) is -0.123. The Morgan fingerprint density at radius 1 is 1.14 bits per heavy atom. The molecule has 0 aliphatic heterocycles. The summed E-state index contributed by atoms with van der Waals surface area (Å²) in [7, 11) is 1.94. The molecule has 112 valence electrons. The largest absolute Gasteiger partial charge is 1.00 e. The second-order valence-electron chi connectivity index (χ2n) is 4.86. The Bertz CT molecular complexity index is 627. The number of hydrogen-bond donors (Lipinski definition) is 0. The van der Waals surface area contributed by atoms with Crippen LogP contribution in [0.5, 0.6) is 5.75 Å². The quantitative estimate of drug-likeness (QED) is 0.311. The molecule has 6 heteroatoms. The van der Waals surface area contributed by atoms with Gasteiger partial charge in [-0.05, 0) is 37.1 Å². The molecule has 2 aromatic rings. The maximum absolute atomic E-state index is 11.0. The fourth-order valence-electron chi connectivity index (χ4n) is 1.89. The highest BCUT2D eigenvalue weighted by Crippen LogP contribution is 2.32. The van der Waals surface area contributed by atoms with Crippen molar-refractivity contribution in [1.82, 2.24) is 0 Å². The van der Waals surface area contributed by atoms with Crippen LogP contribution in [0.15, 0.2) is 42.7 Å². The third kappa shape index (κ3) is 4.38. The van der Waals surface area contributed by atoms with Gasteiger partial charge in [0.2, 0.25) is 0 Å². The monoisotopic (exact) mass is 400 g/mol. The van der Waals surface area contributed by atoms with Gasteiger partial charge in [-0.1, -0.05) is 0 Å². The van der Waals surface area contributed by atoms with Gasteiger partial charge in [0.05, 0.1) is 11.0 Å². The molecule has 0 atom stereocenters. The lowest BCUT2D eigenvalue weighted by molar-refractivity contribution is -0.671. The molecule has 1 heterocycles. The van der Waals surface area contributed by atoms with E-state index in [1.807, 2.05) is 50.0 Å². The first-order chi connectivity index (χ1) is 9.47. The number of hydrogen-bond acceptors (Lipinski definition) is 3. The molecule has 0 bridgehead atoms. The minimum Gasteiger partial charge on any atom is -1.00 e. The Balaban J connectivity index is 0.00000220. The maximum atomic E-state index is 11.0. The number of nitro groups is 1. The number of halogens is 1. The van der Waals surface area contributed by atoms with E-state index in [4.69, 9.17) is 4.74 Å². The van der Waals surface area contributed by atoms with Crippen LogP contribution < -0.4 is 33.3 Å². The molecule has 0 fully saturated rings. The highest BCUT2D eigenvalue weighted by molar-refractivity contribution is 5.67. The molecule has 5 nitrogen and oxygen atoms in total. The van der Waals surface area contributed by atoms with E-state index >= 15 is 0 Å². The molecule has 21 heavy (non-hydrogen) atoms. The zero-order valence-corrected chi connectivity index (χ0v) is 14.3. The number of nitro benzene ring substituents is 1. The Morgan fingerprint density at radius 2 is 1.76 bits per heavy atom. The standard InChI is InChI=1S/C15H17N2O3.HI/c1-11(2)20-15-10-13(4-5-14(15)17(18)19)12-6-8-16(3)9-7-12;/h4-11H,1-3H3;1H/q+1;/p-1. The van der Waals surface area contributed by atoms with Crippen molar-refractivity contribution in [2.45, 2.75) is 20.0 Å². The summed E-state index contributed by atoms with van der Waals surface area (Å²) in [6.45, 7) is 3.69. The summed E-state index contributed by atoms with van der Waals surface area (Å²) < 4.78 is 7.48. The summed E-state index contributed by atoms with van der Waals surface area (Å²) in [5.41, 5.74) is 1.88. The minimum absolute atomic E-state index is 0. The normalized spacial score (nSPS) is 10.1. The highest BCUT2D eigenvalue weighted by Gasteiger charge is 2.17. The topological polar surface area (TPSA) is 56.2 Å². The van der Waals surface area contributed by atoms with Crippen molar-refractivity contribution in [1.29, 1.82) is 0 Å². The molecule has 2 rings (SSSR count). The van der Waals surface area contributed by atoms with Crippen LogP contribution in [0.3, 0.4) is 0 Å². The van der Waals surface area contributed by atoms with Crippen LogP contribution in [0.25, 0.3) is 11.1 Å². The van der Waals surface area contributed by atoms with Crippen LogP contribution in [-0.4, -0.2) is 11.0 Å². The van der Waals surface area contributed by atoms with E-state index in [9.17, 15) is 10.1 Å². The van der Waals surface area contributed by atoms with Gasteiger partial charge < -0.3 is 28.7 Å². The van der Waals surface area contributed by atoms with Gasteiger partial charge in [-0.15, -0.1) is 0 Å². The molecule has 0 saturated heterocycles. The molecule has 0 aliphatic rings. The molecule has 1 aromatic carbocycles. The van der Waals surface area contributed by atoms with Gasteiger partial charge in [-0.2, -0.15) is 0 Å². The van der Waals surface area contributed by atoms with Crippen molar-refractivity contribution < 1.29 is 38.2 Å². The van der Waals surface area contributed by atoms with E-state index in [1.165, 1.54) is 6.07 Å². The van der Waals surface area contributed by atoms with Crippen LogP contribution in [0.4, 0.5) is 5.69 Å². The number of ether oxygens (including phenoxy) is 1. The van der Waals surface area contributed by atoms with Crippen molar-refractivity contribution >= 4 is 5.69 Å². The summed E-state index contributed by atoms with van der Waals surface area (Å²) in [4.78, 5) is 10.6. The first-order valence-electron chi connectivity index (χ1n) is 6.38. The van der Waals surface area contributed by atoms with Crippen LogP contribution in [-0.2, 0) is 7.05 Å². The Morgan fingerprint density at radius 3 is 2.29 bits per heavy atom. The molecule has 0 amide bonds. The van der Waals surface area contributed by atoms with Gasteiger partial charge in [-0.3, -0.25) is 10.1 Å². The Hall–Kier alpha value is -1.70. The van der Waals surface area contributed by atoms with E-state index in [1.54, 1.807) is 12.1 Å². The SMILES string of the molecule is CC(C)Oc1cc(-c2cc[n+](C)cc2)ccc1[N+](=O)[O-].[I-]. The number of pyridine rings is 1. The lowest BCUT2D eigenvalue weighted by Crippen LogP contribution is -3.00. The van der Waals surface area contributed by atoms with E-state index in [-0.39, 0.29) is 35.8 Å². The van der Waals surface area contributed by atoms with Gasteiger partial charge in [-0.25, -0.2) is 4.57 Å². The average Bonchev–Trinajstić information content (AvgIpc) is 2.38. The summed E-state index contributed by atoms with van der Waals surface area (Å²) in [5.74, 6) is 0.302. The van der Waals surface area contributed by atoms with E-state index in [2.05, 4.69) is 0 Å². The van der Waals surface area contributed by atoms with Gasteiger partial charge in [0, 0.05) is 18.2 Å². The van der Waals surface area contributed by atoms with Gasteiger partial charge in [0.15, 0.2) is 18.1 Å². The van der Waals surface area contributed by atoms with Crippen LogP contribution in [0.2, 0.25) is 0 Å². The fourth-order valence-corrected chi connectivity index (χ4v) is 1.89. The van der Waals surface area contributed by atoms with E-state index in [0.717, 1.165) is 11.1 Å². The van der Waals surface area contributed by atoms with Gasteiger partial charge >= 0.3 is 5.69 Å². The average molecular weight is 400 g/mol. The van der Waals surface area contributed by atoms with Crippen LogP contribution in [0.1, 0.15) is 13.8 Å². The van der Waals surface area contributed by atoms with Crippen molar-refractivity contribution in [3.05, 3.63) is 52.8 Å². The molecular formula is C15H17IN2O3. The molecular weight excluding hydrogens is 383 g/mol. The summed E-state index contributed by atoms with van der Waals surface area (Å²) in [6, 6.07) is 8.86. The molecule has 0 spiro atoms. The highest BCUT2D eigenvalue weighted by atomic mass is 127. The van der Waals surface area contributed by atoms with Crippen molar-refractivity contribution in [3.8, 4) is 16.9 Å². The van der Waals surface area contributed by atoms with E-state index < -0.39 is 4.92 Å². The predicted molar refractivity (Wildman–Crippen MR) is 75.5 cm³/mol.